The number of thiophene rings is 1. The van der Waals surface area contributed by atoms with Gasteiger partial charge in [0.2, 0.25) is 0 Å². The zero-order valence-corrected chi connectivity index (χ0v) is 15.2. The van der Waals surface area contributed by atoms with Gasteiger partial charge in [0, 0.05) is 19.1 Å². The number of halogens is 1. The third-order valence-corrected chi connectivity index (χ3v) is 7.52. The number of hydrogen-bond acceptors (Lipinski definition) is 5. The summed E-state index contributed by atoms with van der Waals surface area (Å²) in [5, 5.41) is 0.874. The summed E-state index contributed by atoms with van der Waals surface area (Å²) in [7, 11) is 0. The zero-order valence-electron chi connectivity index (χ0n) is 12.8. The highest BCUT2D eigenvalue weighted by atomic mass is 35.5. The standard InChI is InChI=1S/C16H18ClN3OS2/c1-8-14(23-15(19-8)12-4-5-13(17)22-12)16(21)20-6-9-2-3-11(18)10(9)7-20/h4-5,9-11H,2-3,6-7,18H2,1H3. The minimum atomic E-state index is 0.107. The third-order valence-electron chi connectivity index (χ3n) is 4.97. The summed E-state index contributed by atoms with van der Waals surface area (Å²) in [4.78, 5) is 21.2. The Hall–Kier alpha value is -0.950. The predicted octanol–water partition coefficient (Wildman–Crippen LogP) is 3.64. The summed E-state index contributed by atoms with van der Waals surface area (Å²) < 4.78 is 0.738. The van der Waals surface area contributed by atoms with Crippen molar-refractivity contribution in [1.82, 2.24) is 9.88 Å². The van der Waals surface area contributed by atoms with Gasteiger partial charge in [0.1, 0.15) is 9.88 Å². The van der Waals surface area contributed by atoms with Crippen molar-refractivity contribution in [2.24, 2.45) is 17.6 Å². The Labute approximate surface area is 148 Å². The van der Waals surface area contributed by atoms with Gasteiger partial charge >= 0.3 is 0 Å². The van der Waals surface area contributed by atoms with Crippen LogP contribution in [0.15, 0.2) is 12.1 Å². The lowest BCUT2D eigenvalue weighted by Gasteiger charge is -2.18. The fraction of sp³-hybridized carbons (Fsp3) is 0.500. The summed E-state index contributed by atoms with van der Waals surface area (Å²) in [6, 6.07) is 4.07. The molecule has 2 aromatic heterocycles. The number of aromatic nitrogens is 1. The van der Waals surface area contributed by atoms with Gasteiger partial charge in [0.25, 0.3) is 5.91 Å². The largest absolute Gasteiger partial charge is 0.337 e. The number of carbonyl (C=O) groups excluding carboxylic acids is 1. The Morgan fingerprint density at radius 1 is 1.35 bits per heavy atom. The number of carbonyl (C=O) groups is 1. The van der Waals surface area contributed by atoms with Crippen molar-refractivity contribution in [2.75, 3.05) is 13.1 Å². The van der Waals surface area contributed by atoms with Gasteiger partial charge in [-0.15, -0.1) is 22.7 Å². The van der Waals surface area contributed by atoms with Crippen molar-refractivity contribution < 1.29 is 4.79 Å². The van der Waals surface area contributed by atoms with Crippen molar-refractivity contribution >= 4 is 40.2 Å². The van der Waals surface area contributed by atoms with Crippen LogP contribution in [0.3, 0.4) is 0 Å². The molecule has 7 heteroatoms. The fourth-order valence-corrected chi connectivity index (χ4v) is 5.88. The Morgan fingerprint density at radius 3 is 2.87 bits per heavy atom. The van der Waals surface area contributed by atoms with Crippen LogP contribution < -0.4 is 5.73 Å². The van der Waals surface area contributed by atoms with Crippen LogP contribution in [0.25, 0.3) is 9.88 Å². The average molecular weight is 368 g/mol. The zero-order chi connectivity index (χ0) is 16.1. The second-order valence-electron chi connectivity index (χ2n) is 6.41. The highest BCUT2D eigenvalue weighted by molar-refractivity contribution is 7.24. The molecule has 2 fully saturated rings. The topological polar surface area (TPSA) is 59.2 Å². The highest BCUT2D eigenvalue weighted by Gasteiger charge is 2.43. The molecule has 1 saturated heterocycles. The third kappa shape index (κ3) is 2.71. The van der Waals surface area contributed by atoms with E-state index in [2.05, 4.69) is 4.98 Å². The Balaban J connectivity index is 1.56. The van der Waals surface area contributed by atoms with Gasteiger partial charge in [-0.25, -0.2) is 4.98 Å². The molecule has 2 aromatic rings. The lowest BCUT2D eigenvalue weighted by atomic mass is 9.98. The van der Waals surface area contributed by atoms with Crippen LogP contribution in [0, 0.1) is 18.8 Å². The van der Waals surface area contributed by atoms with Gasteiger partial charge in [0.05, 0.1) is 14.9 Å². The molecule has 0 radical (unpaired) electrons. The van der Waals surface area contributed by atoms with Crippen LogP contribution in [-0.4, -0.2) is 34.9 Å². The van der Waals surface area contributed by atoms with Gasteiger partial charge in [-0.05, 0) is 43.7 Å². The summed E-state index contributed by atoms with van der Waals surface area (Å²) in [5.74, 6) is 1.16. The number of likely N-dealkylation sites (tertiary alicyclic amines) is 1. The van der Waals surface area contributed by atoms with E-state index < -0.39 is 0 Å². The van der Waals surface area contributed by atoms with E-state index >= 15 is 0 Å². The smallest absolute Gasteiger partial charge is 0.265 e. The summed E-state index contributed by atoms with van der Waals surface area (Å²) in [6.45, 7) is 3.54. The van der Waals surface area contributed by atoms with Crippen molar-refractivity contribution in [3.8, 4) is 9.88 Å². The molecule has 1 aliphatic heterocycles. The quantitative estimate of drug-likeness (QED) is 0.881. The Morgan fingerprint density at radius 2 is 2.17 bits per heavy atom. The minimum Gasteiger partial charge on any atom is -0.337 e. The molecule has 122 valence electrons. The molecule has 1 saturated carbocycles. The molecule has 0 bridgehead atoms. The van der Waals surface area contributed by atoms with E-state index in [1.165, 1.54) is 22.7 Å². The van der Waals surface area contributed by atoms with Crippen LogP contribution in [0.5, 0.6) is 0 Å². The van der Waals surface area contributed by atoms with E-state index in [4.69, 9.17) is 17.3 Å². The van der Waals surface area contributed by atoms with Crippen molar-refractivity contribution in [3.63, 3.8) is 0 Å². The number of nitrogens with two attached hydrogens (primary N) is 1. The van der Waals surface area contributed by atoms with Crippen LogP contribution in [0.2, 0.25) is 4.34 Å². The number of aryl methyl sites for hydroxylation is 1. The number of thiazole rings is 1. The molecule has 1 aliphatic carbocycles. The van der Waals surface area contributed by atoms with E-state index in [1.54, 1.807) is 0 Å². The first-order valence-corrected chi connectivity index (χ1v) is 9.82. The summed E-state index contributed by atoms with van der Waals surface area (Å²) in [5.41, 5.74) is 6.98. The van der Waals surface area contributed by atoms with Crippen LogP contribution >= 0.6 is 34.3 Å². The van der Waals surface area contributed by atoms with Crippen LogP contribution in [0.1, 0.15) is 28.2 Å². The number of rotatable bonds is 2. The molecule has 23 heavy (non-hydrogen) atoms. The maximum atomic E-state index is 12.9. The second-order valence-corrected chi connectivity index (χ2v) is 9.13. The van der Waals surface area contributed by atoms with E-state index in [0.29, 0.717) is 11.8 Å². The second kappa shape index (κ2) is 5.84. The van der Waals surface area contributed by atoms with Gasteiger partial charge in [0.15, 0.2) is 0 Å². The molecule has 0 aromatic carbocycles. The Bertz CT molecular complexity index is 756. The molecule has 0 spiro atoms. The lowest BCUT2D eigenvalue weighted by Crippen LogP contribution is -2.33. The summed E-state index contributed by atoms with van der Waals surface area (Å²) in [6.07, 6.45) is 2.25. The number of hydrogen-bond donors (Lipinski definition) is 1. The van der Waals surface area contributed by atoms with E-state index in [-0.39, 0.29) is 11.9 Å². The number of fused-ring (bicyclic) bond motifs is 1. The average Bonchev–Trinajstić information content (AvgIpc) is 3.25. The molecule has 4 nitrogen and oxygen atoms in total. The first-order chi connectivity index (χ1) is 11.0. The SMILES string of the molecule is Cc1nc(-c2ccc(Cl)s2)sc1C(=O)N1CC2CCC(N)C2C1. The molecular formula is C16H18ClN3OS2. The molecular weight excluding hydrogens is 350 g/mol. The maximum absolute atomic E-state index is 12.9. The van der Waals surface area contributed by atoms with Crippen molar-refractivity contribution in [2.45, 2.75) is 25.8 Å². The molecule has 1 amide bonds. The first kappa shape index (κ1) is 15.6. The monoisotopic (exact) mass is 367 g/mol. The first-order valence-electron chi connectivity index (χ1n) is 7.81. The van der Waals surface area contributed by atoms with Gasteiger partial charge < -0.3 is 10.6 Å². The van der Waals surface area contributed by atoms with E-state index in [9.17, 15) is 4.79 Å². The number of nitrogens with zero attached hydrogens (tertiary/aromatic N) is 2. The maximum Gasteiger partial charge on any atom is 0.265 e. The van der Waals surface area contributed by atoms with Crippen LogP contribution in [-0.2, 0) is 0 Å². The van der Waals surface area contributed by atoms with E-state index in [0.717, 1.165) is 50.7 Å². The van der Waals surface area contributed by atoms with E-state index in [1.807, 2.05) is 24.0 Å². The van der Waals surface area contributed by atoms with Crippen molar-refractivity contribution in [3.05, 3.63) is 27.0 Å². The molecule has 3 unspecified atom stereocenters. The van der Waals surface area contributed by atoms with Crippen molar-refractivity contribution in [1.29, 1.82) is 0 Å². The molecule has 3 atom stereocenters. The lowest BCUT2D eigenvalue weighted by molar-refractivity contribution is 0.0783. The van der Waals surface area contributed by atoms with Gasteiger partial charge in [-0.2, -0.15) is 0 Å². The Kier molecular flexibility index (Phi) is 3.96. The van der Waals surface area contributed by atoms with Gasteiger partial charge in [-0.3, -0.25) is 4.79 Å². The molecule has 3 heterocycles. The number of amides is 1. The molecule has 2 N–H and O–H groups in total. The normalized spacial score (nSPS) is 26.7. The fourth-order valence-electron chi connectivity index (χ4n) is 3.75. The van der Waals surface area contributed by atoms with Gasteiger partial charge in [-0.1, -0.05) is 11.6 Å². The minimum absolute atomic E-state index is 0.107. The molecule has 4 rings (SSSR count). The van der Waals surface area contributed by atoms with Crippen LogP contribution in [0.4, 0.5) is 0 Å². The highest BCUT2D eigenvalue weighted by Crippen LogP contribution is 2.39. The molecule has 2 aliphatic rings. The summed E-state index contributed by atoms with van der Waals surface area (Å²) >= 11 is 8.96. The predicted molar refractivity (Wildman–Crippen MR) is 95.3 cm³/mol.